The normalized spacial score (nSPS) is 11.1. The molecule has 0 saturated carbocycles. The summed E-state index contributed by atoms with van der Waals surface area (Å²) in [5.41, 5.74) is 4.81. The molecule has 1 amide bonds. The van der Waals surface area contributed by atoms with Crippen LogP contribution in [-0.2, 0) is 16.6 Å². The van der Waals surface area contributed by atoms with Crippen molar-refractivity contribution < 1.29 is 13.2 Å². The third kappa shape index (κ3) is 4.98. The summed E-state index contributed by atoms with van der Waals surface area (Å²) in [7, 11) is -3.92. The Balaban J connectivity index is 1.91. The Morgan fingerprint density at radius 2 is 1.57 bits per heavy atom. The molecular formula is C20H18BrN3O3S. The number of hydrogen-bond acceptors (Lipinski definition) is 4. The van der Waals surface area contributed by atoms with Crippen LogP contribution in [0.25, 0.3) is 0 Å². The van der Waals surface area contributed by atoms with Crippen LogP contribution in [0.4, 0.5) is 5.69 Å². The number of benzene rings is 3. The Bertz CT molecular complexity index is 1070. The van der Waals surface area contributed by atoms with Gasteiger partial charge in [0.15, 0.2) is 0 Å². The minimum Gasteiger partial charge on any atom is -0.281 e. The first-order valence-corrected chi connectivity index (χ1v) is 10.7. The molecule has 0 bridgehead atoms. The van der Waals surface area contributed by atoms with E-state index in [1.807, 2.05) is 60.7 Å². The van der Waals surface area contributed by atoms with Gasteiger partial charge < -0.3 is 0 Å². The highest BCUT2D eigenvalue weighted by Gasteiger charge is 2.18. The van der Waals surface area contributed by atoms with Gasteiger partial charge in [-0.15, -0.1) is 0 Å². The largest absolute Gasteiger partial charge is 0.281 e. The summed E-state index contributed by atoms with van der Waals surface area (Å²) in [4.78, 5) is 12.8. The Hall–Kier alpha value is -2.68. The molecule has 0 atom stereocenters. The molecule has 28 heavy (non-hydrogen) atoms. The zero-order valence-corrected chi connectivity index (χ0v) is 17.2. The molecule has 0 fully saturated rings. The summed E-state index contributed by atoms with van der Waals surface area (Å²) in [6.45, 7) is 0.434. The van der Waals surface area contributed by atoms with Gasteiger partial charge in [0.25, 0.3) is 5.91 Å². The highest BCUT2D eigenvalue weighted by molar-refractivity contribution is 9.10. The van der Waals surface area contributed by atoms with Gasteiger partial charge in [0.05, 0.1) is 22.7 Å². The number of carbonyl (C=O) groups excluding carboxylic acids is 1. The van der Waals surface area contributed by atoms with Gasteiger partial charge in [-0.2, -0.15) is 0 Å². The van der Waals surface area contributed by atoms with E-state index in [-0.39, 0.29) is 10.5 Å². The molecule has 3 rings (SSSR count). The third-order valence-electron chi connectivity index (χ3n) is 4.00. The predicted molar refractivity (Wildman–Crippen MR) is 112 cm³/mol. The van der Waals surface area contributed by atoms with E-state index in [1.165, 1.54) is 18.2 Å². The van der Waals surface area contributed by atoms with Crippen LogP contribution in [0.2, 0.25) is 0 Å². The van der Waals surface area contributed by atoms with Gasteiger partial charge in [-0.1, -0.05) is 48.5 Å². The Labute approximate surface area is 172 Å². The highest BCUT2D eigenvalue weighted by Crippen LogP contribution is 2.22. The number of hydrazine groups is 1. The maximum Gasteiger partial charge on any atom is 0.270 e. The fourth-order valence-corrected chi connectivity index (χ4v) is 3.57. The molecule has 0 aromatic heterocycles. The van der Waals surface area contributed by atoms with Crippen molar-refractivity contribution in [1.82, 2.24) is 5.43 Å². The smallest absolute Gasteiger partial charge is 0.270 e. The maximum absolute atomic E-state index is 12.9. The van der Waals surface area contributed by atoms with E-state index in [2.05, 4.69) is 21.4 Å². The summed E-state index contributed by atoms with van der Waals surface area (Å²) in [6.07, 6.45) is 0. The molecule has 3 aromatic rings. The molecule has 0 radical (unpaired) electrons. The molecular weight excluding hydrogens is 442 g/mol. The fourth-order valence-electron chi connectivity index (χ4n) is 2.61. The van der Waals surface area contributed by atoms with Crippen LogP contribution in [0.3, 0.4) is 0 Å². The molecule has 3 N–H and O–H groups in total. The summed E-state index contributed by atoms with van der Waals surface area (Å²) in [6, 6.07) is 23.1. The van der Waals surface area contributed by atoms with E-state index >= 15 is 0 Å². The van der Waals surface area contributed by atoms with Crippen LogP contribution >= 0.6 is 15.9 Å². The van der Waals surface area contributed by atoms with Crippen LogP contribution < -0.4 is 15.6 Å². The van der Waals surface area contributed by atoms with Crippen molar-refractivity contribution in [2.75, 3.05) is 5.01 Å². The van der Waals surface area contributed by atoms with Gasteiger partial charge >= 0.3 is 0 Å². The first-order valence-electron chi connectivity index (χ1n) is 8.34. The predicted octanol–water partition coefficient (Wildman–Crippen LogP) is 3.45. The van der Waals surface area contributed by atoms with Crippen LogP contribution in [0.1, 0.15) is 15.9 Å². The number of para-hydroxylation sites is 1. The van der Waals surface area contributed by atoms with E-state index in [1.54, 1.807) is 5.01 Å². The van der Waals surface area contributed by atoms with Gasteiger partial charge in [0.2, 0.25) is 10.0 Å². The average Bonchev–Trinajstić information content (AvgIpc) is 2.68. The Morgan fingerprint density at radius 1 is 0.964 bits per heavy atom. The van der Waals surface area contributed by atoms with Crippen molar-refractivity contribution in [3.05, 3.63) is 94.5 Å². The molecule has 144 valence electrons. The molecule has 0 unspecified atom stereocenters. The summed E-state index contributed by atoms with van der Waals surface area (Å²) in [5.74, 6) is -0.461. The number of rotatable bonds is 6. The number of amides is 1. The Morgan fingerprint density at radius 3 is 2.18 bits per heavy atom. The SMILES string of the molecule is NS(=O)(=O)c1ccc(Br)c(C(=O)NN(Cc2ccccc2)c2ccccc2)c1. The number of carbonyl (C=O) groups is 1. The number of sulfonamides is 1. The van der Waals surface area contributed by atoms with Gasteiger partial charge in [0, 0.05) is 4.47 Å². The molecule has 8 heteroatoms. The first-order chi connectivity index (χ1) is 13.3. The number of nitrogens with one attached hydrogen (secondary N) is 1. The lowest BCUT2D eigenvalue weighted by atomic mass is 10.2. The second-order valence-corrected chi connectivity index (χ2v) is 8.45. The van der Waals surface area contributed by atoms with Crippen molar-refractivity contribution in [3.8, 4) is 0 Å². The van der Waals surface area contributed by atoms with Crippen molar-refractivity contribution in [3.63, 3.8) is 0 Å². The first kappa shape index (κ1) is 20.1. The standard InChI is InChI=1S/C20H18BrN3O3S/c21-19-12-11-17(28(22,26)27)13-18(19)20(25)23-24(16-9-5-2-6-10-16)14-15-7-3-1-4-8-15/h1-13H,14H2,(H,23,25)(H2,22,26,27). The van der Waals surface area contributed by atoms with Crippen LogP contribution in [-0.4, -0.2) is 14.3 Å². The second kappa shape index (κ2) is 8.55. The van der Waals surface area contributed by atoms with Gasteiger partial charge in [-0.05, 0) is 51.8 Å². The minimum atomic E-state index is -3.92. The van der Waals surface area contributed by atoms with E-state index in [9.17, 15) is 13.2 Å². The van der Waals surface area contributed by atoms with E-state index in [0.29, 0.717) is 11.0 Å². The highest BCUT2D eigenvalue weighted by atomic mass is 79.9. The molecule has 0 saturated heterocycles. The lowest BCUT2D eigenvalue weighted by Gasteiger charge is -2.26. The monoisotopic (exact) mass is 459 g/mol. The molecule has 0 heterocycles. The second-order valence-electron chi connectivity index (χ2n) is 6.03. The van der Waals surface area contributed by atoms with Crippen molar-refractivity contribution in [1.29, 1.82) is 0 Å². The van der Waals surface area contributed by atoms with E-state index in [4.69, 9.17) is 5.14 Å². The number of hydrogen-bond donors (Lipinski definition) is 2. The zero-order chi connectivity index (χ0) is 20.1. The van der Waals surface area contributed by atoms with Gasteiger partial charge in [0.1, 0.15) is 0 Å². The molecule has 0 aliphatic rings. The summed E-state index contributed by atoms with van der Waals surface area (Å²) in [5, 5.41) is 6.89. The lowest BCUT2D eigenvalue weighted by molar-refractivity contribution is 0.0947. The van der Waals surface area contributed by atoms with E-state index < -0.39 is 15.9 Å². The molecule has 0 aliphatic heterocycles. The summed E-state index contributed by atoms with van der Waals surface area (Å²) >= 11 is 3.30. The summed E-state index contributed by atoms with van der Waals surface area (Å²) < 4.78 is 23.7. The minimum absolute atomic E-state index is 0.129. The average molecular weight is 460 g/mol. The van der Waals surface area contributed by atoms with Gasteiger partial charge in [-0.3, -0.25) is 15.2 Å². The molecule has 0 spiro atoms. The number of halogens is 1. The van der Waals surface area contributed by atoms with Crippen molar-refractivity contribution in [2.24, 2.45) is 5.14 Å². The van der Waals surface area contributed by atoms with Gasteiger partial charge in [-0.25, -0.2) is 13.6 Å². The maximum atomic E-state index is 12.9. The number of anilines is 1. The number of primary sulfonamides is 1. The molecule has 6 nitrogen and oxygen atoms in total. The quantitative estimate of drug-likeness (QED) is 0.552. The molecule has 0 aliphatic carbocycles. The van der Waals surface area contributed by atoms with Crippen LogP contribution in [0, 0.1) is 0 Å². The van der Waals surface area contributed by atoms with Crippen LogP contribution in [0.5, 0.6) is 0 Å². The lowest BCUT2D eigenvalue weighted by Crippen LogP contribution is -2.42. The fraction of sp³-hybridized carbons (Fsp3) is 0.0500. The third-order valence-corrected chi connectivity index (χ3v) is 5.60. The molecule has 3 aromatic carbocycles. The topological polar surface area (TPSA) is 92.5 Å². The van der Waals surface area contributed by atoms with Crippen molar-refractivity contribution in [2.45, 2.75) is 11.4 Å². The Kier molecular flexibility index (Phi) is 6.13. The zero-order valence-electron chi connectivity index (χ0n) is 14.7. The number of nitrogens with two attached hydrogens (primary N) is 1. The van der Waals surface area contributed by atoms with Crippen molar-refractivity contribution >= 4 is 37.5 Å². The van der Waals surface area contributed by atoms with E-state index in [0.717, 1.165) is 11.3 Å². The van der Waals surface area contributed by atoms with Crippen LogP contribution in [0.15, 0.2) is 88.2 Å². The number of nitrogens with zero attached hydrogens (tertiary/aromatic N) is 1.